The molecule has 4 rings (SSSR count). The third-order valence-corrected chi connectivity index (χ3v) is 4.97. The zero-order valence-corrected chi connectivity index (χ0v) is 13.7. The quantitative estimate of drug-likeness (QED) is 0.903. The number of amides is 1. The summed E-state index contributed by atoms with van der Waals surface area (Å²) in [7, 11) is 0. The summed E-state index contributed by atoms with van der Waals surface area (Å²) in [4.78, 5) is 14.8. The molecule has 2 aliphatic heterocycles. The van der Waals surface area contributed by atoms with Gasteiger partial charge in [0.25, 0.3) is 0 Å². The molecule has 2 fully saturated rings. The van der Waals surface area contributed by atoms with Crippen LogP contribution in [-0.2, 0) is 4.79 Å². The average molecular weight is 316 g/mol. The van der Waals surface area contributed by atoms with Gasteiger partial charge in [0, 0.05) is 31.1 Å². The minimum absolute atomic E-state index is 0.134. The number of ether oxygens (including phenoxy) is 2. The lowest BCUT2D eigenvalue weighted by molar-refractivity contribution is -0.134. The summed E-state index contributed by atoms with van der Waals surface area (Å²) in [5, 5.41) is 3.48. The van der Waals surface area contributed by atoms with Crippen LogP contribution in [0.2, 0.25) is 0 Å². The molecule has 1 aromatic rings. The van der Waals surface area contributed by atoms with Crippen LogP contribution in [0.5, 0.6) is 11.5 Å². The molecule has 2 heterocycles. The van der Waals surface area contributed by atoms with Crippen molar-refractivity contribution in [2.75, 3.05) is 26.3 Å². The zero-order chi connectivity index (χ0) is 16.0. The van der Waals surface area contributed by atoms with Gasteiger partial charge in [-0.3, -0.25) is 4.79 Å². The van der Waals surface area contributed by atoms with Gasteiger partial charge in [0.15, 0.2) is 11.5 Å². The average Bonchev–Trinajstić information content (AvgIpc) is 3.33. The van der Waals surface area contributed by atoms with E-state index >= 15 is 0 Å². The number of hydrogen-bond donors (Lipinski definition) is 1. The minimum atomic E-state index is 0.134. The van der Waals surface area contributed by atoms with Crippen LogP contribution in [0.3, 0.4) is 0 Å². The lowest BCUT2D eigenvalue weighted by Gasteiger charge is -2.36. The number of carbonyl (C=O) groups excluding carboxylic acids is 1. The van der Waals surface area contributed by atoms with Gasteiger partial charge in [0.2, 0.25) is 5.91 Å². The van der Waals surface area contributed by atoms with Crippen molar-refractivity contribution in [1.29, 1.82) is 0 Å². The van der Waals surface area contributed by atoms with Gasteiger partial charge >= 0.3 is 0 Å². The van der Waals surface area contributed by atoms with E-state index in [9.17, 15) is 4.79 Å². The highest BCUT2D eigenvalue weighted by Crippen LogP contribution is 2.50. The molecule has 5 heteroatoms. The normalized spacial score (nSPS) is 32.5. The molecule has 0 radical (unpaired) electrons. The standard InChI is InChI=1S/C18H24N2O3/c1-11-9-20(10-12(2)19-11)18(21)15-8-14(15)13-3-4-16-17(7-13)23-6-5-22-16/h3-4,7,11-12,14-15,19H,5-6,8-10H2,1-2H3. The predicted octanol–water partition coefficient (Wildman–Crippen LogP) is 1.77. The van der Waals surface area contributed by atoms with Gasteiger partial charge in [-0.25, -0.2) is 0 Å². The van der Waals surface area contributed by atoms with Crippen molar-refractivity contribution >= 4 is 5.91 Å². The fourth-order valence-corrected chi connectivity index (χ4v) is 3.87. The highest BCUT2D eigenvalue weighted by Gasteiger charge is 2.46. The van der Waals surface area contributed by atoms with E-state index in [-0.39, 0.29) is 5.92 Å². The van der Waals surface area contributed by atoms with Crippen molar-refractivity contribution in [2.45, 2.75) is 38.3 Å². The Morgan fingerprint density at radius 2 is 1.83 bits per heavy atom. The second-order valence-electron chi connectivity index (χ2n) is 7.06. The van der Waals surface area contributed by atoms with Crippen molar-refractivity contribution in [3.05, 3.63) is 23.8 Å². The van der Waals surface area contributed by atoms with Gasteiger partial charge in [-0.15, -0.1) is 0 Å². The first-order valence-corrected chi connectivity index (χ1v) is 8.56. The minimum Gasteiger partial charge on any atom is -0.486 e. The first kappa shape index (κ1) is 14.8. The van der Waals surface area contributed by atoms with Crippen LogP contribution in [0.25, 0.3) is 0 Å². The number of benzene rings is 1. The van der Waals surface area contributed by atoms with Crippen molar-refractivity contribution in [1.82, 2.24) is 10.2 Å². The molecule has 1 N–H and O–H groups in total. The maximum Gasteiger partial charge on any atom is 0.226 e. The smallest absolute Gasteiger partial charge is 0.226 e. The first-order valence-electron chi connectivity index (χ1n) is 8.56. The lowest BCUT2D eigenvalue weighted by atomic mass is 10.1. The molecule has 5 nitrogen and oxygen atoms in total. The van der Waals surface area contributed by atoms with E-state index in [4.69, 9.17) is 9.47 Å². The molecule has 23 heavy (non-hydrogen) atoms. The van der Waals surface area contributed by atoms with Crippen molar-refractivity contribution < 1.29 is 14.3 Å². The SMILES string of the molecule is CC1CN(C(=O)C2CC2c2ccc3c(c2)OCCO3)CC(C)N1. The summed E-state index contributed by atoms with van der Waals surface area (Å²) in [5.41, 5.74) is 1.20. The molecule has 3 aliphatic rings. The first-order chi connectivity index (χ1) is 11.1. The fourth-order valence-electron chi connectivity index (χ4n) is 3.87. The molecule has 4 atom stereocenters. The molecule has 0 spiro atoms. The zero-order valence-electron chi connectivity index (χ0n) is 13.7. The molecule has 1 aliphatic carbocycles. The van der Waals surface area contributed by atoms with Crippen LogP contribution >= 0.6 is 0 Å². The molecule has 0 bridgehead atoms. The van der Waals surface area contributed by atoms with Crippen LogP contribution < -0.4 is 14.8 Å². The van der Waals surface area contributed by atoms with Crippen molar-refractivity contribution in [3.8, 4) is 11.5 Å². The number of nitrogens with one attached hydrogen (secondary N) is 1. The van der Waals surface area contributed by atoms with Gasteiger partial charge in [0.05, 0.1) is 0 Å². The molecule has 4 unspecified atom stereocenters. The second-order valence-corrected chi connectivity index (χ2v) is 7.06. The maximum absolute atomic E-state index is 12.8. The number of hydrogen-bond acceptors (Lipinski definition) is 4. The molecule has 124 valence electrons. The highest BCUT2D eigenvalue weighted by molar-refractivity contribution is 5.83. The Morgan fingerprint density at radius 1 is 1.13 bits per heavy atom. The Balaban J connectivity index is 1.44. The monoisotopic (exact) mass is 316 g/mol. The van der Waals surface area contributed by atoms with E-state index in [1.54, 1.807) is 0 Å². The van der Waals surface area contributed by atoms with Crippen molar-refractivity contribution in [3.63, 3.8) is 0 Å². The van der Waals surface area contributed by atoms with E-state index in [2.05, 4.69) is 31.3 Å². The summed E-state index contributed by atoms with van der Waals surface area (Å²) in [5.74, 6) is 2.41. The van der Waals surface area contributed by atoms with Gasteiger partial charge < -0.3 is 19.7 Å². The highest BCUT2D eigenvalue weighted by atomic mass is 16.6. The second kappa shape index (κ2) is 5.71. The van der Waals surface area contributed by atoms with Gasteiger partial charge in [0.1, 0.15) is 13.2 Å². The Morgan fingerprint density at radius 3 is 2.57 bits per heavy atom. The van der Waals surface area contributed by atoms with Crippen LogP contribution in [0.15, 0.2) is 18.2 Å². The molecule has 1 saturated heterocycles. The van der Waals surface area contributed by atoms with Gasteiger partial charge in [-0.1, -0.05) is 6.07 Å². The number of piperazine rings is 1. The van der Waals surface area contributed by atoms with Crippen LogP contribution in [0.4, 0.5) is 0 Å². The largest absolute Gasteiger partial charge is 0.486 e. The summed E-state index contributed by atoms with van der Waals surface area (Å²) in [6.45, 7) is 7.11. The van der Waals surface area contributed by atoms with Crippen LogP contribution in [-0.4, -0.2) is 49.2 Å². The molecular weight excluding hydrogens is 292 g/mol. The number of nitrogens with zero attached hydrogens (tertiary/aromatic N) is 1. The van der Waals surface area contributed by atoms with E-state index < -0.39 is 0 Å². The Bertz CT molecular complexity index is 608. The molecule has 0 aromatic heterocycles. The predicted molar refractivity (Wildman–Crippen MR) is 86.9 cm³/mol. The van der Waals surface area contributed by atoms with Crippen LogP contribution in [0, 0.1) is 5.92 Å². The topological polar surface area (TPSA) is 50.8 Å². The molecule has 1 amide bonds. The summed E-state index contributed by atoms with van der Waals surface area (Å²) in [6, 6.07) is 6.84. The lowest BCUT2D eigenvalue weighted by Crippen LogP contribution is -2.56. The van der Waals surface area contributed by atoms with Gasteiger partial charge in [-0.05, 0) is 43.9 Å². The molecular formula is C18H24N2O3. The summed E-state index contributed by atoms with van der Waals surface area (Å²) >= 11 is 0. The van der Waals surface area contributed by atoms with E-state index in [0.717, 1.165) is 31.0 Å². The Kier molecular flexibility index (Phi) is 3.68. The summed E-state index contributed by atoms with van der Waals surface area (Å²) < 4.78 is 11.2. The third kappa shape index (κ3) is 2.90. The van der Waals surface area contributed by atoms with E-state index in [0.29, 0.717) is 37.1 Å². The Labute approximate surface area is 136 Å². The van der Waals surface area contributed by atoms with Crippen LogP contribution in [0.1, 0.15) is 31.7 Å². The summed E-state index contributed by atoms with van der Waals surface area (Å²) in [6.07, 6.45) is 0.950. The number of rotatable bonds is 2. The fraction of sp³-hybridized carbons (Fsp3) is 0.611. The van der Waals surface area contributed by atoms with E-state index in [1.165, 1.54) is 5.56 Å². The third-order valence-electron chi connectivity index (χ3n) is 4.97. The van der Waals surface area contributed by atoms with E-state index in [1.807, 2.05) is 11.0 Å². The number of carbonyl (C=O) groups is 1. The molecule has 1 aromatic carbocycles. The van der Waals surface area contributed by atoms with Gasteiger partial charge in [-0.2, -0.15) is 0 Å². The van der Waals surface area contributed by atoms with Crippen molar-refractivity contribution in [2.24, 2.45) is 5.92 Å². The Hall–Kier alpha value is -1.75. The maximum atomic E-state index is 12.8. The number of fused-ring (bicyclic) bond motifs is 1. The molecule has 1 saturated carbocycles.